The van der Waals surface area contributed by atoms with Crippen molar-refractivity contribution in [2.75, 3.05) is 0 Å². The third kappa shape index (κ3) is 8.20. The van der Waals surface area contributed by atoms with Crippen LogP contribution in [0, 0.1) is 5.92 Å². The van der Waals surface area contributed by atoms with Gasteiger partial charge in [-0.15, -0.1) is 6.58 Å². The lowest BCUT2D eigenvalue weighted by Gasteiger charge is -2.24. The summed E-state index contributed by atoms with van der Waals surface area (Å²) in [5, 5.41) is 6.27. The number of carbonyl (C=O) groups is 3. The fraction of sp³-hybridized carbons (Fsp3) is 0.650. The van der Waals surface area contributed by atoms with Gasteiger partial charge in [-0.25, -0.2) is 0 Å². The summed E-state index contributed by atoms with van der Waals surface area (Å²) in [6.07, 6.45) is 14.1. The van der Waals surface area contributed by atoms with Crippen LogP contribution in [0.25, 0.3) is 0 Å². The maximum Gasteiger partial charge on any atom is 0.252 e. The smallest absolute Gasteiger partial charge is 0.252 e. The zero-order valence-electron chi connectivity index (χ0n) is 15.8. The van der Waals surface area contributed by atoms with E-state index in [1.807, 2.05) is 0 Å². The Balaban J connectivity index is 1.92. The maximum absolute atomic E-state index is 12.8. The largest absolute Gasteiger partial charge is 0.356 e. The number of carbonyl (C=O) groups excluding carboxylic acids is 3. The molecule has 2 aliphatic carbocycles. The lowest BCUT2D eigenvalue weighted by atomic mass is 9.91. The van der Waals surface area contributed by atoms with Crippen molar-refractivity contribution >= 4 is 30.2 Å². The van der Waals surface area contributed by atoms with Crippen LogP contribution in [-0.2, 0) is 14.4 Å². The highest BCUT2D eigenvalue weighted by Crippen LogP contribution is 2.31. The Morgan fingerprint density at radius 3 is 2.52 bits per heavy atom. The topological polar surface area (TPSA) is 87.3 Å². The van der Waals surface area contributed by atoms with Crippen LogP contribution in [0.15, 0.2) is 24.8 Å². The Kier molecular flexibility index (Phi) is 9.45. The van der Waals surface area contributed by atoms with Gasteiger partial charge in [0, 0.05) is 17.2 Å². The summed E-state index contributed by atoms with van der Waals surface area (Å²) < 4.78 is 2.86. The minimum Gasteiger partial charge on any atom is -0.356 e. The average Bonchev–Trinajstić information content (AvgIpc) is 3.49. The molecule has 3 unspecified atom stereocenters. The summed E-state index contributed by atoms with van der Waals surface area (Å²) in [6.45, 7) is 3.70. The summed E-state index contributed by atoms with van der Waals surface area (Å²) in [5.41, 5.74) is 0. The zero-order chi connectivity index (χ0) is 19.5. The first-order chi connectivity index (χ1) is 13.1. The number of rotatable bonds is 9. The van der Waals surface area contributed by atoms with Crippen molar-refractivity contribution in [2.24, 2.45) is 5.92 Å². The summed E-state index contributed by atoms with van der Waals surface area (Å²) in [5.74, 6) is -0.424. The molecule has 3 amide bonds. The second-order valence-corrected chi connectivity index (χ2v) is 8.36. The number of nitrogens with one attached hydrogen (secondary N) is 3. The molecular formula is C20H31N3O3S. The minimum atomic E-state index is -0.587. The number of amides is 3. The molecule has 0 aromatic carbocycles. The summed E-state index contributed by atoms with van der Waals surface area (Å²) in [4.78, 5) is 36.0. The molecule has 2 rings (SSSR count). The molecule has 1 saturated carbocycles. The lowest BCUT2D eigenvalue weighted by Crippen LogP contribution is -2.47. The second kappa shape index (κ2) is 11.8. The second-order valence-electron chi connectivity index (χ2n) is 7.25. The molecule has 2 aliphatic rings. The van der Waals surface area contributed by atoms with E-state index < -0.39 is 6.04 Å². The van der Waals surface area contributed by atoms with Gasteiger partial charge in [-0.3, -0.25) is 19.1 Å². The maximum atomic E-state index is 12.8. The SMILES string of the molecule is C=CCC(NC(=O)C1CC/C=C/CCC(NC=O)CC1)C(=O)NSC1CC1. The molecule has 150 valence electrons. The van der Waals surface area contributed by atoms with Crippen LogP contribution in [0.2, 0.25) is 0 Å². The Labute approximate surface area is 166 Å². The number of allylic oxidation sites excluding steroid dienone is 2. The van der Waals surface area contributed by atoms with Crippen LogP contribution in [-0.4, -0.2) is 35.6 Å². The van der Waals surface area contributed by atoms with E-state index in [0.717, 1.165) is 51.4 Å². The fourth-order valence-corrected chi connectivity index (χ4v) is 3.93. The molecule has 3 atom stereocenters. The quantitative estimate of drug-likeness (QED) is 0.319. The minimum absolute atomic E-state index is 0.0859. The Hall–Kier alpha value is -1.76. The molecule has 0 heterocycles. The van der Waals surface area contributed by atoms with E-state index in [1.165, 1.54) is 11.9 Å². The van der Waals surface area contributed by atoms with Gasteiger partial charge in [0.2, 0.25) is 12.3 Å². The Bertz CT molecular complexity index is 549. The van der Waals surface area contributed by atoms with Crippen molar-refractivity contribution in [3.05, 3.63) is 24.8 Å². The third-order valence-electron chi connectivity index (χ3n) is 4.95. The third-order valence-corrected chi connectivity index (χ3v) is 6.08. The van der Waals surface area contributed by atoms with E-state index in [9.17, 15) is 14.4 Å². The van der Waals surface area contributed by atoms with Crippen LogP contribution < -0.4 is 15.4 Å². The molecule has 0 spiro atoms. The fourth-order valence-electron chi connectivity index (χ4n) is 3.13. The van der Waals surface area contributed by atoms with Gasteiger partial charge in [-0.1, -0.05) is 18.2 Å². The summed E-state index contributed by atoms with van der Waals surface area (Å²) in [7, 11) is 0. The molecule has 6 nitrogen and oxygen atoms in total. The van der Waals surface area contributed by atoms with Gasteiger partial charge in [0.05, 0.1) is 0 Å². The highest BCUT2D eigenvalue weighted by Gasteiger charge is 2.28. The molecule has 0 aliphatic heterocycles. The van der Waals surface area contributed by atoms with E-state index >= 15 is 0 Å². The van der Waals surface area contributed by atoms with E-state index in [1.54, 1.807) is 6.08 Å². The van der Waals surface area contributed by atoms with Gasteiger partial charge >= 0.3 is 0 Å². The van der Waals surface area contributed by atoms with Crippen molar-refractivity contribution in [1.29, 1.82) is 0 Å². The van der Waals surface area contributed by atoms with E-state index in [4.69, 9.17) is 0 Å². The van der Waals surface area contributed by atoms with E-state index in [0.29, 0.717) is 18.1 Å². The molecule has 0 aromatic heterocycles. The molecule has 0 aromatic rings. The van der Waals surface area contributed by atoms with Gasteiger partial charge in [0.1, 0.15) is 6.04 Å². The standard InChI is InChI=1S/C20H31N3O3S/c1-2-7-18(20(26)23-27-17-12-13-17)22-19(25)15-8-5-3-4-6-9-16(11-10-15)21-14-24/h2-4,14-18H,1,5-13H2,(H,21,24)(H,22,25)(H,23,26)/b4-3+. The Morgan fingerprint density at radius 2 is 1.85 bits per heavy atom. The van der Waals surface area contributed by atoms with Crippen molar-refractivity contribution in [2.45, 2.75) is 75.1 Å². The van der Waals surface area contributed by atoms with Crippen LogP contribution in [0.3, 0.4) is 0 Å². The van der Waals surface area contributed by atoms with E-state index in [2.05, 4.69) is 34.1 Å². The molecule has 0 saturated heterocycles. The summed E-state index contributed by atoms with van der Waals surface area (Å²) >= 11 is 1.45. The summed E-state index contributed by atoms with van der Waals surface area (Å²) in [6, 6.07) is -0.501. The first-order valence-corrected chi connectivity index (χ1v) is 10.7. The molecule has 3 N–H and O–H groups in total. The van der Waals surface area contributed by atoms with E-state index in [-0.39, 0.29) is 23.8 Å². The van der Waals surface area contributed by atoms with Crippen molar-refractivity contribution in [3.8, 4) is 0 Å². The van der Waals surface area contributed by atoms with Crippen molar-refractivity contribution in [3.63, 3.8) is 0 Å². The monoisotopic (exact) mass is 393 g/mol. The highest BCUT2D eigenvalue weighted by molar-refractivity contribution is 7.98. The van der Waals surface area contributed by atoms with Gasteiger partial charge in [-0.2, -0.15) is 0 Å². The van der Waals surface area contributed by atoms with Gasteiger partial charge < -0.3 is 10.6 Å². The molecule has 0 radical (unpaired) electrons. The molecule has 0 bridgehead atoms. The van der Waals surface area contributed by atoms with Crippen LogP contribution in [0.4, 0.5) is 0 Å². The lowest BCUT2D eigenvalue weighted by molar-refractivity contribution is -0.130. The van der Waals surface area contributed by atoms with Crippen molar-refractivity contribution in [1.82, 2.24) is 15.4 Å². The van der Waals surface area contributed by atoms with Crippen LogP contribution in [0.1, 0.15) is 57.8 Å². The van der Waals surface area contributed by atoms with Gasteiger partial charge in [0.15, 0.2) is 0 Å². The number of hydrogen-bond acceptors (Lipinski definition) is 4. The average molecular weight is 394 g/mol. The van der Waals surface area contributed by atoms with Gasteiger partial charge in [0.25, 0.3) is 5.91 Å². The van der Waals surface area contributed by atoms with Crippen molar-refractivity contribution < 1.29 is 14.4 Å². The zero-order valence-corrected chi connectivity index (χ0v) is 16.6. The molecule has 27 heavy (non-hydrogen) atoms. The van der Waals surface area contributed by atoms with Crippen LogP contribution in [0.5, 0.6) is 0 Å². The van der Waals surface area contributed by atoms with Gasteiger partial charge in [-0.05, 0) is 69.7 Å². The molecule has 7 heteroatoms. The first-order valence-electron chi connectivity index (χ1n) is 9.85. The first kappa shape index (κ1) is 21.5. The predicted octanol–water partition coefficient (Wildman–Crippen LogP) is 2.62. The normalized spacial score (nSPS) is 25.5. The highest BCUT2D eigenvalue weighted by atomic mass is 32.2. The Morgan fingerprint density at radius 1 is 1.11 bits per heavy atom. The molecule has 1 fully saturated rings. The van der Waals surface area contributed by atoms with Crippen LogP contribution >= 0.6 is 11.9 Å². The predicted molar refractivity (Wildman–Crippen MR) is 109 cm³/mol. The number of hydrogen-bond donors (Lipinski definition) is 3. The molecular weight excluding hydrogens is 362 g/mol.